The fourth-order valence-corrected chi connectivity index (χ4v) is 13.5. The van der Waals surface area contributed by atoms with Gasteiger partial charge in [-0.25, -0.2) is 4.79 Å². The minimum absolute atomic E-state index is 0.157. The van der Waals surface area contributed by atoms with E-state index in [1.54, 1.807) is 27.3 Å². The Morgan fingerprint density at radius 3 is 1.78 bits per heavy atom. The van der Waals surface area contributed by atoms with Crippen molar-refractivity contribution < 1.29 is 23.4 Å². The largest absolute Gasteiger partial charge is 0.497 e. The molecule has 0 bridgehead atoms. The van der Waals surface area contributed by atoms with Crippen LogP contribution in [0.3, 0.4) is 0 Å². The van der Waals surface area contributed by atoms with Crippen molar-refractivity contribution in [1.82, 2.24) is 9.55 Å². The molecule has 9 nitrogen and oxygen atoms in total. The van der Waals surface area contributed by atoms with Gasteiger partial charge >= 0.3 is 5.69 Å². The lowest BCUT2D eigenvalue weighted by Crippen LogP contribution is -2.52. The van der Waals surface area contributed by atoms with Crippen molar-refractivity contribution in [2.45, 2.75) is 95.5 Å². The lowest BCUT2D eigenvalue weighted by molar-refractivity contribution is -0.0931. The van der Waals surface area contributed by atoms with Gasteiger partial charge in [-0.2, -0.15) is 0 Å². The molecule has 1 unspecified atom stereocenters. The summed E-state index contributed by atoms with van der Waals surface area (Å²) in [5.74, 6) is 1.47. The maximum atomic E-state index is 13.1. The number of methoxy groups -OCH3 is 2. The standard InChI is InChI=1S/C40H52N2O7Si/c1-26(2)50(27(3)4,28(5)6)49-35-23-37(42-24-29(7)38(43)41-39(42)44)48-36(35)25-47-40(30-13-11-10-12-14-30,31-15-19-33(45-8)20-16-31)32-17-21-34(46-9)22-18-32/h10-22,24,26-28,35-37H,23,25H2,1-9H3,(H,41,43,44)/t35?,36-,37-/m1/s1. The first-order valence-electron chi connectivity index (χ1n) is 17.5. The normalized spacial score (nSPS) is 18.3. The number of ether oxygens (including phenoxy) is 4. The van der Waals surface area contributed by atoms with Crippen LogP contribution in [0.4, 0.5) is 0 Å². The quantitative estimate of drug-likeness (QED) is 0.106. The van der Waals surface area contributed by atoms with E-state index in [1.807, 2.05) is 66.7 Å². The molecule has 0 spiro atoms. The average molecular weight is 701 g/mol. The van der Waals surface area contributed by atoms with Crippen LogP contribution in [0.1, 0.15) is 76.4 Å². The molecule has 0 aliphatic carbocycles. The van der Waals surface area contributed by atoms with Gasteiger partial charge in [-0.1, -0.05) is 96.1 Å². The maximum Gasteiger partial charge on any atom is 0.330 e. The molecule has 3 atom stereocenters. The lowest BCUT2D eigenvalue weighted by Gasteiger charge is -2.45. The summed E-state index contributed by atoms with van der Waals surface area (Å²) in [6.45, 7) is 15.4. The number of H-pyrrole nitrogens is 1. The fourth-order valence-electron chi connectivity index (χ4n) is 7.90. The first-order valence-corrected chi connectivity index (χ1v) is 19.6. The summed E-state index contributed by atoms with van der Waals surface area (Å²) in [6, 6.07) is 26.0. The molecule has 4 aromatic rings. The van der Waals surface area contributed by atoms with E-state index in [0.717, 1.165) is 28.2 Å². The number of aromatic nitrogens is 2. The molecule has 1 saturated heterocycles. The number of nitrogens with zero attached hydrogens (tertiary/aromatic N) is 1. The van der Waals surface area contributed by atoms with Gasteiger partial charge in [0.05, 0.1) is 26.9 Å². The summed E-state index contributed by atoms with van der Waals surface area (Å²) in [7, 11) is 0.906. The predicted octanol–water partition coefficient (Wildman–Crippen LogP) is 7.72. The maximum absolute atomic E-state index is 13.1. The van der Waals surface area contributed by atoms with Gasteiger partial charge in [-0.05, 0) is 64.5 Å². The van der Waals surface area contributed by atoms with Crippen molar-refractivity contribution in [3.8, 4) is 11.5 Å². The molecule has 3 aromatic carbocycles. The van der Waals surface area contributed by atoms with Crippen LogP contribution in [-0.2, 0) is 19.5 Å². The number of aryl methyl sites for hydroxylation is 1. The Morgan fingerprint density at radius 2 is 1.30 bits per heavy atom. The highest BCUT2D eigenvalue weighted by Crippen LogP contribution is 2.47. The molecular weight excluding hydrogens is 649 g/mol. The number of hydrogen-bond acceptors (Lipinski definition) is 7. The minimum atomic E-state index is -2.39. The van der Waals surface area contributed by atoms with Crippen LogP contribution in [0.2, 0.25) is 16.6 Å². The third-order valence-electron chi connectivity index (χ3n) is 10.3. The SMILES string of the molecule is COc1ccc(C(OC[C@H]2O[C@@H](n3cc(C)c(=O)[nH]c3=O)CC2O[Si](C(C)C)(C(C)C)C(C)C)(c2ccccc2)c2ccc(OC)cc2)cc1. The summed E-state index contributed by atoms with van der Waals surface area (Å²) in [4.78, 5) is 27.8. The van der Waals surface area contributed by atoms with E-state index in [9.17, 15) is 9.59 Å². The molecule has 10 heteroatoms. The average Bonchev–Trinajstić information content (AvgIpc) is 3.51. The first kappa shape index (κ1) is 37.3. The summed E-state index contributed by atoms with van der Waals surface area (Å²) in [5, 5.41) is 0. The number of hydrogen-bond donors (Lipinski definition) is 1. The highest BCUT2D eigenvalue weighted by atomic mass is 28.4. The molecule has 1 N–H and O–H groups in total. The molecule has 1 aliphatic heterocycles. The van der Waals surface area contributed by atoms with Crippen LogP contribution in [0, 0.1) is 6.92 Å². The van der Waals surface area contributed by atoms with Crippen LogP contribution in [0.5, 0.6) is 11.5 Å². The predicted molar refractivity (Wildman–Crippen MR) is 199 cm³/mol. The fraction of sp³-hybridized carbons (Fsp3) is 0.450. The van der Waals surface area contributed by atoms with E-state index in [4.69, 9.17) is 23.4 Å². The molecule has 1 aromatic heterocycles. The monoisotopic (exact) mass is 700 g/mol. The van der Waals surface area contributed by atoms with Crippen molar-refractivity contribution in [2.75, 3.05) is 20.8 Å². The van der Waals surface area contributed by atoms with Gasteiger partial charge < -0.3 is 23.4 Å². The highest BCUT2D eigenvalue weighted by molar-refractivity contribution is 6.77. The number of benzene rings is 3. The Balaban J connectivity index is 1.64. The number of aromatic amines is 1. The molecule has 0 saturated carbocycles. The van der Waals surface area contributed by atoms with E-state index < -0.39 is 37.5 Å². The molecule has 1 fully saturated rings. The van der Waals surface area contributed by atoms with Crippen molar-refractivity contribution in [2.24, 2.45) is 0 Å². The van der Waals surface area contributed by atoms with Gasteiger partial charge in [0, 0.05) is 18.2 Å². The Bertz CT molecular complexity index is 1750. The Kier molecular flexibility index (Phi) is 11.6. The van der Waals surface area contributed by atoms with Crippen molar-refractivity contribution in [1.29, 1.82) is 0 Å². The van der Waals surface area contributed by atoms with Crippen molar-refractivity contribution in [3.63, 3.8) is 0 Å². The van der Waals surface area contributed by atoms with Crippen molar-refractivity contribution >= 4 is 8.32 Å². The molecule has 5 rings (SSSR count). The van der Waals surface area contributed by atoms with Crippen LogP contribution >= 0.6 is 0 Å². The lowest BCUT2D eigenvalue weighted by atomic mass is 9.80. The zero-order chi connectivity index (χ0) is 36.2. The highest BCUT2D eigenvalue weighted by Gasteiger charge is 2.51. The van der Waals surface area contributed by atoms with E-state index >= 15 is 0 Å². The molecule has 0 amide bonds. The van der Waals surface area contributed by atoms with E-state index in [2.05, 4.69) is 58.7 Å². The molecule has 0 radical (unpaired) electrons. The summed E-state index contributed by atoms with van der Waals surface area (Å²) in [5.41, 5.74) is 2.21. The van der Waals surface area contributed by atoms with Crippen LogP contribution < -0.4 is 20.7 Å². The van der Waals surface area contributed by atoms with Gasteiger partial charge in [0.15, 0.2) is 0 Å². The number of rotatable bonds is 14. The molecule has 268 valence electrons. The molecular formula is C40H52N2O7Si. The van der Waals surface area contributed by atoms with Gasteiger partial charge in [-0.15, -0.1) is 0 Å². The minimum Gasteiger partial charge on any atom is -0.497 e. The van der Waals surface area contributed by atoms with Crippen LogP contribution in [0.25, 0.3) is 0 Å². The Labute approximate surface area is 296 Å². The summed E-state index contributed by atoms with van der Waals surface area (Å²) < 4.78 is 34.0. The zero-order valence-corrected chi connectivity index (χ0v) is 31.8. The number of nitrogens with one attached hydrogen (secondary N) is 1. The van der Waals surface area contributed by atoms with E-state index in [-0.39, 0.29) is 12.7 Å². The second kappa shape index (κ2) is 15.5. The van der Waals surface area contributed by atoms with E-state index in [1.165, 1.54) is 4.57 Å². The third-order valence-corrected chi connectivity index (χ3v) is 16.5. The second-order valence-corrected chi connectivity index (χ2v) is 19.5. The molecule has 1 aliphatic rings. The smallest absolute Gasteiger partial charge is 0.330 e. The van der Waals surface area contributed by atoms with Crippen molar-refractivity contribution in [3.05, 3.63) is 128 Å². The first-order chi connectivity index (χ1) is 23.9. The molecule has 2 heterocycles. The zero-order valence-electron chi connectivity index (χ0n) is 30.8. The third kappa shape index (κ3) is 7.12. The van der Waals surface area contributed by atoms with Gasteiger partial charge in [-0.3, -0.25) is 14.3 Å². The Morgan fingerprint density at radius 1 is 0.800 bits per heavy atom. The van der Waals surface area contributed by atoms with Gasteiger partial charge in [0.1, 0.15) is 29.4 Å². The topological polar surface area (TPSA) is 101 Å². The molecule has 50 heavy (non-hydrogen) atoms. The van der Waals surface area contributed by atoms with Gasteiger partial charge in [0.2, 0.25) is 8.32 Å². The Hall–Kier alpha value is -3.96. The summed E-state index contributed by atoms with van der Waals surface area (Å²) in [6.07, 6.45) is 0.472. The van der Waals surface area contributed by atoms with E-state index in [0.29, 0.717) is 28.6 Å². The van der Waals surface area contributed by atoms with Crippen LogP contribution in [0.15, 0.2) is 94.6 Å². The summed E-state index contributed by atoms with van der Waals surface area (Å²) >= 11 is 0. The van der Waals surface area contributed by atoms with Gasteiger partial charge in [0.25, 0.3) is 5.56 Å². The second-order valence-electron chi connectivity index (χ2n) is 14.1. The van der Waals surface area contributed by atoms with Crippen LogP contribution in [-0.4, -0.2) is 50.9 Å².